The van der Waals surface area contributed by atoms with Gasteiger partial charge in [0.15, 0.2) is 5.82 Å². The molecule has 1 aromatic carbocycles. The number of sulfonamides is 1. The number of hydrogen-bond donors (Lipinski definition) is 3. The van der Waals surface area contributed by atoms with Crippen molar-refractivity contribution in [3.63, 3.8) is 0 Å². The van der Waals surface area contributed by atoms with Crippen molar-refractivity contribution in [2.24, 2.45) is 0 Å². The number of nitrogens with one attached hydrogen (secondary N) is 3. The highest BCUT2D eigenvalue weighted by atomic mass is 32.2. The lowest BCUT2D eigenvalue weighted by Crippen LogP contribution is -2.18. The van der Waals surface area contributed by atoms with E-state index in [2.05, 4.69) is 30.4 Å². The van der Waals surface area contributed by atoms with Crippen LogP contribution in [-0.2, 0) is 21.4 Å². The summed E-state index contributed by atoms with van der Waals surface area (Å²) in [5, 5.41) is 10.0. The third-order valence-electron chi connectivity index (χ3n) is 4.39. The maximum Gasteiger partial charge on any atom is 0.271 e. The first-order valence-corrected chi connectivity index (χ1v) is 12.2. The van der Waals surface area contributed by atoms with Gasteiger partial charge >= 0.3 is 0 Å². The van der Waals surface area contributed by atoms with Gasteiger partial charge in [0.25, 0.3) is 10.0 Å². The summed E-state index contributed by atoms with van der Waals surface area (Å²) in [5.74, 6) is 1.64. The predicted octanol–water partition coefficient (Wildman–Crippen LogP) is 3.21. The van der Waals surface area contributed by atoms with Crippen LogP contribution in [0.3, 0.4) is 0 Å². The van der Waals surface area contributed by atoms with E-state index in [-0.39, 0.29) is 10.1 Å². The van der Waals surface area contributed by atoms with Crippen LogP contribution in [0, 0.1) is 6.92 Å². The Morgan fingerprint density at radius 2 is 1.85 bits per heavy atom. The molecule has 170 valence electrons. The van der Waals surface area contributed by atoms with E-state index in [0.29, 0.717) is 29.7 Å². The molecule has 3 heterocycles. The third-order valence-corrected chi connectivity index (χ3v) is 7.34. The van der Waals surface area contributed by atoms with Crippen molar-refractivity contribution in [3.05, 3.63) is 71.6 Å². The topological polar surface area (TPSA) is 131 Å². The van der Waals surface area contributed by atoms with Gasteiger partial charge in [-0.2, -0.15) is 5.10 Å². The summed E-state index contributed by atoms with van der Waals surface area (Å²) < 4.78 is 29.8. The Morgan fingerprint density at radius 1 is 1.09 bits per heavy atom. The number of anilines is 3. The molecule has 4 rings (SSSR count). The molecule has 33 heavy (non-hydrogen) atoms. The average Bonchev–Trinajstić information content (AvgIpc) is 3.46. The van der Waals surface area contributed by atoms with Gasteiger partial charge in [0.05, 0.1) is 6.54 Å². The number of rotatable bonds is 8. The minimum Gasteiger partial charge on any atom is -0.351 e. The summed E-state index contributed by atoms with van der Waals surface area (Å²) in [4.78, 5) is 20.6. The molecular weight excluding hydrogens is 462 g/mol. The molecule has 0 bridgehead atoms. The molecule has 0 saturated heterocycles. The number of carbonyl (C=O) groups is 1. The summed E-state index contributed by atoms with van der Waals surface area (Å²) in [6.45, 7) is 3.50. The fourth-order valence-electron chi connectivity index (χ4n) is 2.92. The van der Waals surface area contributed by atoms with E-state index < -0.39 is 10.0 Å². The molecular formula is C21H21N7O3S2. The zero-order valence-electron chi connectivity index (χ0n) is 17.8. The summed E-state index contributed by atoms with van der Waals surface area (Å²) >= 11 is 1.11. The molecule has 3 aromatic heterocycles. The van der Waals surface area contributed by atoms with Crippen molar-refractivity contribution in [2.75, 3.05) is 10.0 Å². The zero-order chi connectivity index (χ0) is 23.4. The van der Waals surface area contributed by atoms with Gasteiger partial charge in [0, 0.05) is 41.6 Å². The summed E-state index contributed by atoms with van der Waals surface area (Å²) in [6.07, 6.45) is 3.47. The van der Waals surface area contributed by atoms with Gasteiger partial charge in [0.1, 0.15) is 15.9 Å². The maximum absolute atomic E-state index is 12.7. The second-order valence-corrected chi connectivity index (χ2v) is 10.1. The van der Waals surface area contributed by atoms with Gasteiger partial charge in [-0.3, -0.25) is 9.52 Å². The van der Waals surface area contributed by atoms with Crippen molar-refractivity contribution < 1.29 is 13.2 Å². The van der Waals surface area contributed by atoms with E-state index in [0.717, 1.165) is 21.9 Å². The highest BCUT2D eigenvalue weighted by molar-refractivity contribution is 7.94. The minimum absolute atomic E-state index is 0.172. The first-order chi connectivity index (χ1) is 15.8. The first kappa shape index (κ1) is 22.4. The molecule has 4 aromatic rings. The van der Waals surface area contributed by atoms with E-state index in [1.54, 1.807) is 60.4 Å². The highest BCUT2D eigenvalue weighted by Gasteiger charge is 2.17. The highest BCUT2D eigenvalue weighted by Crippen LogP contribution is 2.25. The Hall–Kier alpha value is -3.77. The number of carbonyl (C=O) groups excluding carboxylic acids is 1. The third kappa shape index (κ3) is 5.73. The second-order valence-electron chi connectivity index (χ2n) is 7.05. The van der Waals surface area contributed by atoms with Crippen molar-refractivity contribution in [1.29, 1.82) is 0 Å². The smallest absolute Gasteiger partial charge is 0.271 e. The van der Waals surface area contributed by atoms with Crippen LogP contribution in [0.5, 0.6) is 0 Å². The van der Waals surface area contributed by atoms with Crippen LogP contribution in [0.1, 0.15) is 17.6 Å². The lowest BCUT2D eigenvalue weighted by Gasteiger charge is -2.10. The Kier molecular flexibility index (Phi) is 6.38. The lowest BCUT2D eigenvalue weighted by atomic mass is 10.3. The van der Waals surface area contributed by atoms with Gasteiger partial charge in [-0.25, -0.2) is 23.1 Å². The largest absolute Gasteiger partial charge is 0.351 e. The molecule has 0 unspecified atom stereocenters. The van der Waals surface area contributed by atoms with Crippen molar-refractivity contribution in [2.45, 2.75) is 24.6 Å². The molecule has 10 nitrogen and oxygen atoms in total. The molecule has 0 spiro atoms. The van der Waals surface area contributed by atoms with Crippen molar-refractivity contribution in [3.8, 4) is 5.82 Å². The molecule has 12 heteroatoms. The molecule has 0 aliphatic heterocycles. The predicted molar refractivity (Wildman–Crippen MR) is 126 cm³/mol. The normalized spacial score (nSPS) is 11.2. The van der Waals surface area contributed by atoms with Gasteiger partial charge in [0.2, 0.25) is 5.91 Å². The van der Waals surface area contributed by atoms with Gasteiger partial charge in [-0.15, -0.1) is 11.3 Å². The van der Waals surface area contributed by atoms with Crippen LogP contribution in [-0.4, -0.2) is 34.1 Å². The zero-order valence-corrected chi connectivity index (χ0v) is 19.4. The van der Waals surface area contributed by atoms with Gasteiger partial charge in [-0.05, 0) is 49.4 Å². The van der Waals surface area contributed by atoms with Crippen LogP contribution in [0.15, 0.2) is 65.1 Å². The van der Waals surface area contributed by atoms with Crippen LogP contribution in [0.25, 0.3) is 5.82 Å². The number of benzene rings is 1. The number of thiophene rings is 1. The first-order valence-electron chi connectivity index (χ1n) is 9.87. The Morgan fingerprint density at radius 3 is 2.55 bits per heavy atom. The Bertz CT molecular complexity index is 1370. The molecule has 0 saturated carbocycles. The monoisotopic (exact) mass is 483 g/mol. The molecule has 3 N–H and O–H groups in total. The SMILES string of the molecule is CC(=O)NCc1ccc(S(=O)(=O)Nc2ccc(Nc3cc(-n4cccn4)nc(C)n3)cc2)s1. The summed E-state index contributed by atoms with van der Waals surface area (Å²) in [5.41, 5.74) is 1.16. The molecule has 0 aliphatic rings. The fourth-order valence-corrected chi connectivity index (χ4v) is 5.28. The van der Waals surface area contributed by atoms with Gasteiger partial charge in [-0.1, -0.05) is 0 Å². The quantitative estimate of drug-likeness (QED) is 0.351. The Labute approximate surface area is 194 Å². The minimum atomic E-state index is -3.73. The fraction of sp³-hybridized carbons (Fsp3) is 0.143. The molecule has 1 amide bonds. The maximum atomic E-state index is 12.7. The van der Waals surface area contributed by atoms with E-state index >= 15 is 0 Å². The van der Waals surface area contributed by atoms with Crippen molar-refractivity contribution in [1.82, 2.24) is 25.1 Å². The standard InChI is InChI=1S/C21H21N7O3S2/c1-14-24-19(12-20(25-14)28-11-3-10-23-28)26-16-4-6-17(7-5-16)27-33(30,31)21-9-8-18(32-21)13-22-15(2)29/h3-12,27H,13H2,1-2H3,(H,22,29)(H,24,25,26). The van der Waals surface area contributed by atoms with Crippen LogP contribution in [0.4, 0.5) is 17.2 Å². The number of aromatic nitrogens is 4. The number of amides is 1. The van der Waals surface area contributed by atoms with Crippen molar-refractivity contribution >= 4 is 44.5 Å². The molecule has 0 fully saturated rings. The average molecular weight is 484 g/mol. The summed E-state index contributed by atoms with van der Waals surface area (Å²) in [6, 6.07) is 13.6. The molecule has 0 aliphatic carbocycles. The van der Waals surface area contributed by atoms with Crippen LogP contribution in [0.2, 0.25) is 0 Å². The number of nitrogens with zero attached hydrogens (tertiary/aromatic N) is 4. The van der Waals surface area contributed by atoms with E-state index in [4.69, 9.17) is 0 Å². The van der Waals surface area contributed by atoms with Crippen LogP contribution < -0.4 is 15.4 Å². The van der Waals surface area contributed by atoms with E-state index in [9.17, 15) is 13.2 Å². The molecule has 0 radical (unpaired) electrons. The summed E-state index contributed by atoms with van der Waals surface area (Å²) in [7, 11) is -3.73. The molecule has 0 atom stereocenters. The second kappa shape index (κ2) is 9.38. The Balaban J connectivity index is 1.44. The number of hydrogen-bond acceptors (Lipinski definition) is 8. The van der Waals surface area contributed by atoms with Crippen LogP contribution >= 0.6 is 11.3 Å². The lowest BCUT2D eigenvalue weighted by molar-refractivity contribution is -0.119. The van der Waals surface area contributed by atoms with E-state index in [1.165, 1.54) is 13.0 Å². The van der Waals surface area contributed by atoms with E-state index in [1.807, 2.05) is 6.07 Å². The number of aryl methyl sites for hydroxylation is 1. The van der Waals surface area contributed by atoms with Gasteiger partial charge < -0.3 is 10.6 Å².